The lowest BCUT2D eigenvalue weighted by Crippen LogP contribution is -2.54. The number of amides is 1. The molecule has 2 fully saturated rings. The van der Waals surface area contributed by atoms with Crippen LogP contribution in [0.4, 0.5) is 0 Å². The lowest BCUT2D eigenvalue weighted by atomic mass is 9.66. The molecule has 2 unspecified atom stereocenters. The maximum absolute atomic E-state index is 12.5. The second kappa shape index (κ2) is 7.10. The summed E-state index contributed by atoms with van der Waals surface area (Å²) in [5.74, 6) is 0.151. The Morgan fingerprint density at radius 1 is 1.29 bits per heavy atom. The molecular formula is C17H32N2O2. The van der Waals surface area contributed by atoms with Crippen molar-refractivity contribution in [2.45, 2.75) is 70.8 Å². The van der Waals surface area contributed by atoms with Crippen LogP contribution in [0.25, 0.3) is 0 Å². The Hall–Kier alpha value is -0.610. The predicted octanol–water partition coefficient (Wildman–Crippen LogP) is 2.61. The third-order valence-electron chi connectivity index (χ3n) is 5.60. The Bertz CT molecular complexity index is 351. The third-order valence-corrected chi connectivity index (χ3v) is 5.60. The zero-order valence-corrected chi connectivity index (χ0v) is 13.7. The summed E-state index contributed by atoms with van der Waals surface area (Å²) in [6, 6.07) is 0. The number of rotatable bonds is 7. The van der Waals surface area contributed by atoms with Crippen LogP contribution in [-0.2, 0) is 9.53 Å². The summed E-state index contributed by atoms with van der Waals surface area (Å²) in [6.07, 6.45) is 8.93. The van der Waals surface area contributed by atoms with Gasteiger partial charge in [0, 0.05) is 25.3 Å². The van der Waals surface area contributed by atoms with Gasteiger partial charge in [0.05, 0.1) is 5.92 Å². The Labute approximate surface area is 129 Å². The Morgan fingerprint density at radius 2 is 2.05 bits per heavy atom. The van der Waals surface area contributed by atoms with Crippen molar-refractivity contribution in [3.8, 4) is 0 Å². The molecule has 0 spiro atoms. The first-order valence-corrected chi connectivity index (χ1v) is 8.63. The highest BCUT2D eigenvalue weighted by Gasteiger charge is 2.40. The topological polar surface area (TPSA) is 64.3 Å². The van der Waals surface area contributed by atoms with Crippen molar-refractivity contribution in [2.24, 2.45) is 17.1 Å². The first-order chi connectivity index (χ1) is 9.99. The molecule has 4 nitrogen and oxygen atoms in total. The van der Waals surface area contributed by atoms with Crippen molar-refractivity contribution in [2.75, 3.05) is 19.8 Å². The van der Waals surface area contributed by atoms with E-state index in [0.717, 1.165) is 51.9 Å². The first kappa shape index (κ1) is 16.8. The van der Waals surface area contributed by atoms with Crippen LogP contribution >= 0.6 is 0 Å². The minimum absolute atomic E-state index is 0.0183. The van der Waals surface area contributed by atoms with E-state index in [1.807, 2.05) is 13.8 Å². The molecule has 2 aliphatic carbocycles. The van der Waals surface area contributed by atoms with Gasteiger partial charge in [-0.05, 0) is 51.4 Å². The second-order valence-corrected chi connectivity index (χ2v) is 7.32. The minimum atomic E-state index is -0.333. The van der Waals surface area contributed by atoms with Crippen molar-refractivity contribution in [3.63, 3.8) is 0 Å². The number of carbonyl (C=O) groups is 1. The summed E-state index contributed by atoms with van der Waals surface area (Å²) < 4.78 is 5.49. The van der Waals surface area contributed by atoms with Gasteiger partial charge in [-0.2, -0.15) is 0 Å². The highest BCUT2D eigenvalue weighted by molar-refractivity contribution is 5.80. The zero-order valence-electron chi connectivity index (χ0n) is 13.7. The molecule has 0 aliphatic heterocycles. The van der Waals surface area contributed by atoms with Gasteiger partial charge < -0.3 is 15.8 Å². The summed E-state index contributed by atoms with van der Waals surface area (Å²) in [4.78, 5) is 12.5. The Morgan fingerprint density at radius 3 is 2.62 bits per heavy atom. The molecule has 2 atom stereocenters. The van der Waals surface area contributed by atoms with Gasteiger partial charge in [0.1, 0.15) is 0 Å². The molecule has 122 valence electrons. The fourth-order valence-electron chi connectivity index (χ4n) is 3.81. The van der Waals surface area contributed by atoms with Crippen LogP contribution in [0.15, 0.2) is 0 Å². The predicted molar refractivity (Wildman–Crippen MR) is 85.0 cm³/mol. The maximum Gasteiger partial charge on any atom is 0.224 e. The normalized spacial score (nSPS) is 31.5. The van der Waals surface area contributed by atoms with E-state index in [1.54, 1.807) is 0 Å². The van der Waals surface area contributed by atoms with Gasteiger partial charge in [0.15, 0.2) is 0 Å². The Kier molecular flexibility index (Phi) is 5.67. The van der Waals surface area contributed by atoms with Gasteiger partial charge in [0.25, 0.3) is 0 Å². The molecule has 21 heavy (non-hydrogen) atoms. The fourth-order valence-corrected chi connectivity index (χ4v) is 3.81. The standard InChI is InChI=1S/C17H32N2O2/c1-3-21-12-11-17(9-6-10-17)13-19-15(20)14-7-4-5-8-16(14,2)18/h14H,3-13,18H2,1-2H3,(H,19,20). The number of ether oxygens (including phenoxy) is 1. The largest absolute Gasteiger partial charge is 0.382 e. The molecule has 4 heteroatoms. The molecule has 3 N–H and O–H groups in total. The number of hydrogen-bond acceptors (Lipinski definition) is 3. The van der Waals surface area contributed by atoms with E-state index in [2.05, 4.69) is 5.32 Å². The van der Waals surface area contributed by atoms with E-state index < -0.39 is 0 Å². The fraction of sp³-hybridized carbons (Fsp3) is 0.941. The SMILES string of the molecule is CCOCCC1(CNC(=O)C2CCCCC2(C)N)CCC1. The highest BCUT2D eigenvalue weighted by atomic mass is 16.5. The lowest BCUT2D eigenvalue weighted by Gasteiger charge is -2.43. The molecule has 0 saturated heterocycles. The van der Waals surface area contributed by atoms with E-state index >= 15 is 0 Å². The zero-order chi connectivity index (χ0) is 15.3. The molecule has 2 aliphatic rings. The summed E-state index contributed by atoms with van der Waals surface area (Å²) in [5.41, 5.74) is 6.28. The quantitative estimate of drug-likeness (QED) is 0.710. The van der Waals surface area contributed by atoms with E-state index in [0.29, 0.717) is 0 Å². The van der Waals surface area contributed by atoms with Crippen LogP contribution in [0.1, 0.15) is 65.2 Å². The molecule has 0 bridgehead atoms. The van der Waals surface area contributed by atoms with Crippen LogP contribution in [0, 0.1) is 11.3 Å². The van der Waals surface area contributed by atoms with E-state index in [4.69, 9.17) is 10.5 Å². The molecule has 2 rings (SSSR count). The van der Waals surface area contributed by atoms with Crippen molar-refractivity contribution < 1.29 is 9.53 Å². The van der Waals surface area contributed by atoms with E-state index in [1.165, 1.54) is 19.3 Å². The third kappa shape index (κ3) is 4.19. The van der Waals surface area contributed by atoms with Crippen molar-refractivity contribution in [1.82, 2.24) is 5.32 Å². The average molecular weight is 296 g/mol. The smallest absolute Gasteiger partial charge is 0.224 e. The monoisotopic (exact) mass is 296 g/mol. The van der Waals surface area contributed by atoms with Gasteiger partial charge in [-0.25, -0.2) is 0 Å². The molecule has 0 heterocycles. The lowest BCUT2D eigenvalue weighted by molar-refractivity contribution is -0.129. The molecule has 0 aromatic rings. The van der Waals surface area contributed by atoms with Gasteiger partial charge in [-0.1, -0.05) is 19.3 Å². The maximum atomic E-state index is 12.5. The van der Waals surface area contributed by atoms with Crippen molar-refractivity contribution >= 4 is 5.91 Å². The van der Waals surface area contributed by atoms with Crippen LogP contribution < -0.4 is 11.1 Å². The van der Waals surface area contributed by atoms with Gasteiger partial charge in [-0.15, -0.1) is 0 Å². The summed E-state index contributed by atoms with van der Waals surface area (Å²) >= 11 is 0. The first-order valence-electron chi connectivity index (χ1n) is 8.63. The molecule has 0 aromatic carbocycles. The summed E-state index contributed by atoms with van der Waals surface area (Å²) in [5, 5.41) is 3.20. The molecule has 1 amide bonds. The second-order valence-electron chi connectivity index (χ2n) is 7.32. The van der Waals surface area contributed by atoms with Crippen molar-refractivity contribution in [1.29, 1.82) is 0 Å². The molecular weight excluding hydrogens is 264 g/mol. The molecule has 0 aromatic heterocycles. The van der Waals surface area contributed by atoms with Crippen LogP contribution in [0.2, 0.25) is 0 Å². The van der Waals surface area contributed by atoms with Gasteiger partial charge >= 0.3 is 0 Å². The number of hydrogen-bond donors (Lipinski definition) is 2. The molecule has 0 radical (unpaired) electrons. The Balaban J connectivity index is 1.82. The van der Waals surface area contributed by atoms with Gasteiger partial charge in [-0.3, -0.25) is 4.79 Å². The summed E-state index contributed by atoms with van der Waals surface area (Å²) in [6.45, 7) is 6.44. The summed E-state index contributed by atoms with van der Waals surface area (Å²) in [7, 11) is 0. The van der Waals surface area contributed by atoms with Crippen molar-refractivity contribution in [3.05, 3.63) is 0 Å². The number of nitrogens with one attached hydrogen (secondary N) is 1. The minimum Gasteiger partial charge on any atom is -0.382 e. The van der Waals surface area contributed by atoms with E-state index in [9.17, 15) is 4.79 Å². The van der Waals surface area contributed by atoms with Crippen LogP contribution in [-0.4, -0.2) is 31.2 Å². The van der Waals surface area contributed by atoms with E-state index in [-0.39, 0.29) is 22.8 Å². The van der Waals surface area contributed by atoms with Crippen LogP contribution in [0.5, 0.6) is 0 Å². The highest BCUT2D eigenvalue weighted by Crippen LogP contribution is 2.43. The number of carbonyl (C=O) groups excluding carboxylic acids is 1. The van der Waals surface area contributed by atoms with Crippen LogP contribution in [0.3, 0.4) is 0 Å². The number of nitrogens with two attached hydrogens (primary N) is 1. The van der Waals surface area contributed by atoms with Gasteiger partial charge in [0.2, 0.25) is 5.91 Å². The molecule has 2 saturated carbocycles. The average Bonchev–Trinajstić information content (AvgIpc) is 2.40.